The molecule has 0 bridgehead atoms. The van der Waals surface area contributed by atoms with E-state index in [2.05, 4.69) is 16.0 Å². The van der Waals surface area contributed by atoms with Gasteiger partial charge in [0.05, 0.1) is 6.04 Å². The zero-order valence-electron chi connectivity index (χ0n) is 20.5. The van der Waals surface area contributed by atoms with Gasteiger partial charge in [-0.15, -0.1) is 0 Å². The lowest BCUT2D eigenvalue weighted by molar-refractivity contribution is -0.143. The third-order valence-electron chi connectivity index (χ3n) is 5.44. The summed E-state index contributed by atoms with van der Waals surface area (Å²) >= 11 is 0. The summed E-state index contributed by atoms with van der Waals surface area (Å²) < 4.78 is 0. The van der Waals surface area contributed by atoms with Crippen molar-refractivity contribution in [1.29, 1.82) is 0 Å². The van der Waals surface area contributed by atoms with Gasteiger partial charge >= 0.3 is 5.97 Å². The van der Waals surface area contributed by atoms with Gasteiger partial charge in [-0.25, -0.2) is 4.79 Å². The number of carbonyl (C=O) groups excluding carboxylic acids is 6. The lowest BCUT2D eigenvalue weighted by atomic mass is 9.96. The molecule has 15 heteroatoms. The van der Waals surface area contributed by atoms with Gasteiger partial charge < -0.3 is 44.0 Å². The molecule has 0 rings (SSSR count). The number of carbonyl (C=O) groups is 7. The van der Waals surface area contributed by atoms with Crippen molar-refractivity contribution in [2.24, 2.45) is 28.9 Å². The van der Waals surface area contributed by atoms with E-state index in [0.29, 0.717) is 6.42 Å². The molecule has 0 aliphatic rings. The van der Waals surface area contributed by atoms with Gasteiger partial charge in [-0.3, -0.25) is 28.8 Å². The van der Waals surface area contributed by atoms with Crippen LogP contribution >= 0.6 is 0 Å². The van der Waals surface area contributed by atoms with Crippen molar-refractivity contribution >= 4 is 41.4 Å². The number of amides is 6. The molecule has 0 spiro atoms. The third kappa shape index (κ3) is 12.6. The van der Waals surface area contributed by atoms with Gasteiger partial charge in [0.2, 0.25) is 35.4 Å². The van der Waals surface area contributed by atoms with Crippen LogP contribution in [0.2, 0.25) is 0 Å². The van der Waals surface area contributed by atoms with E-state index in [1.807, 2.05) is 0 Å². The molecule has 0 aromatic carbocycles. The van der Waals surface area contributed by atoms with Crippen molar-refractivity contribution in [2.75, 3.05) is 0 Å². The Hall–Kier alpha value is -3.75. The molecule has 36 heavy (non-hydrogen) atoms. The molecular formula is C21H37N7O8. The maximum absolute atomic E-state index is 13.0. The predicted octanol–water partition coefficient (Wildman–Crippen LogP) is -3.30. The molecule has 15 nitrogen and oxygen atoms in total. The molecule has 0 aliphatic carbocycles. The second-order valence-corrected chi connectivity index (χ2v) is 8.45. The normalized spacial score (nSPS) is 14.9. The van der Waals surface area contributed by atoms with Gasteiger partial charge in [0, 0.05) is 19.3 Å². The maximum atomic E-state index is 13.0. The maximum Gasteiger partial charge on any atom is 0.326 e. The van der Waals surface area contributed by atoms with Crippen LogP contribution in [0.4, 0.5) is 0 Å². The summed E-state index contributed by atoms with van der Waals surface area (Å²) in [5.74, 6) is -6.47. The number of hydrogen-bond acceptors (Lipinski definition) is 8. The number of carboxylic acid groups (broad SMARTS) is 1. The number of carboxylic acids is 1. The van der Waals surface area contributed by atoms with Crippen LogP contribution in [0.3, 0.4) is 0 Å². The van der Waals surface area contributed by atoms with Crippen molar-refractivity contribution in [2.45, 2.75) is 83.0 Å². The first-order valence-electron chi connectivity index (χ1n) is 11.4. The first-order valence-corrected chi connectivity index (χ1v) is 11.4. The van der Waals surface area contributed by atoms with Gasteiger partial charge in [-0.1, -0.05) is 20.3 Å². The molecule has 12 N–H and O–H groups in total. The van der Waals surface area contributed by atoms with Gasteiger partial charge in [0.25, 0.3) is 0 Å². The largest absolute Gasteiger partial charge is 0.480 e. The van der Waals surface area contributed by atoms with Crippen LogP contribution < -0.4 is 38.9 Å². The molecule has 5 unspecified atom stereocenters. The molecule has 0 saturated heterocycles. The fraction of sp³-hybridized carbons (Fsp3) is 0.667. The average molecular weight is 516 g/mol. The molecule has 6 amide bonds. The molecule has 0 aromatic heterocycles. The Morgan fingerprint density at radius 3 is 1.58 bits per heavy atom. The lowest BCUT2D eigenvalue weighted by Gasteiger charge is -2.28. The van der Waals surface area contributed by atoms with Crippen LogP contribution in [0.15, 0.2) is 0 Å². The predicted molar refractivity (Wildman–Crippen MR) is 126 cm³/mol. The molecular weight excluding hydrogens is 478 g/mol. The third-order valence-corrected chi connectivity index (χ3v) is 5.44. The standard InChI is InChI=1S/C21H37N7O8/c1-3-10(2)17(20(34)27-13(21(35)36)6-9-16(25)31)28-19(33)12(5-8-15(24)30)26-18(32)11(22)4-7-14(23)29/h10-13,17H,3-9,22H2,1-2H3,(H2,23,29)(H2,24,30)(H2,25,31)(H,26,32)(H,27,34)(H,28,33)(H,35,36). The highest BCUT2D eigenvalue weighted by molar-refractivity contribution is 5.94. The second-order valence-electron chi connectivity index (χ2n) is 8.45. The Labute approximate surface area is 208 Å². The number of nitrogens with one attached hydrogen (secondary N) is 3. The van der Waals surface area contributed by atoms with Crippen molar-refractivity contribution < 1.29 is 38.7 Å². The van der Waals surface area contributed by atoms with E-state index in [1.54, 1.807) is 13.8 Å². The van der Waals surface area contributed by atoms with E-state index in [9.17, 15) is 38.7 Å². The van der Waals surface area contributed by atoms with Gasteiger partial charge in [-0.05, 0) is 25.2 Å². The van der Waals surface area contributed by atoms with Crippen LogP contribution in [-0.2, 0) is 33.6 Å². The minimum Gasteiger partial charge on any atom is -0.480 e. The fourth-order valence-corrected chi connectivity index (χ4v) is 3.02. The van der Waals surface area contributed by atoms with Crippen molar-refractivity contribution in [3.05, 3.63) is 0 Å². The monoisotopic (exact) mass is 515 g/mol. The van der Waals surface area contributed by atoms with E-state index in [-0.39, 0.29) is 38.5 Å². The molecule has 0 saturated carbocycles. The molecule has 0 fully saturated rings. The van der Waals surface area contributed by atoms with Crippen LogP contribution in [0.5, 0.6) is 0 Å². The second kappa shape index (κ2) is 16.0. The highest BCUT2D eigenvalue weighted by atomic mass is 16.4. The Balaban J connectivity index is 5.61. The molecule has 0 aliphatic heterocycles. The quantitative estimate of drug-likeness (QED) is 0.0905. The number of hydrogen-bond donors (Lipinski definition) is 8. The minimum absolute atomic E-state index is 0.0783. The van der Waals surface area contributed by atoms with Crippen LogP contribution in [0.25, 0.3) is 0 Å². The Morgan fingerprint density at radius 2 is 1.14 bits per heavy atom. The summed E-state index contributed by atoms with van der Waals surface area (Å²) in [4.78, 5) is 82.9. The molecule has 0 heterocycles. The van der Waals surface area contributed by atoms with Gasteiger partial charge in [0.15, 0.2) is 0 Å². The number of primary amides is 3. The van der Waals surface area contributed by atoms with Crippen LogP contribution in [-0.4, -0.2) is 70.7 Å². The summed E-state index contributed by atoms with van der Waals surface area (Å²) in [6.45, 7) is 3.38. The summed E-state index contributed by atoms with van der Waals surface area (Å²) in [6.07, 6.45) is -0.848. The zero-order valence-corrected chi connectivity index (χ0v) is 20.5. The molecule has 204 valence electrons. The summed E-state index contributed by atoms with van der Waals surface area (Å²) in [7, 11) is 0. The van der Waals surface area contributed by atoms with E-state index in [4.69, 9.17) is 22.9 Å². The fourth-order valence-electron chi connectivity index (χ4n) is 3.02. The van der Waals surface area contributed by atoms with Crippen molar-refractivity contribution in [3.63, 3.8) is 0 Å². The van der Waals surface area contributed by atoms with Crippen LogP contribution in [0.1, 0.15) is 58.8 Å². The SMILES string of the molecule is CCC(C)C(NC(=O)C(CCC(N)=O)NC(=O)C(N)CCC(N)=O)C(=O)NC(CCC(N)=O)C(=O)O. The zero-order chi connectivity index (χ0) is 28.0. The Kier molecular flexibility index (Phi) is 14.4. The van der Waals surface area contributed by atoms with E-state index < -0.39 is 71.5 Å². The summed E-state index contributed by atoms with van der Waals surface area (Å²) in [6, 6.07) is -5.12. The molecule has 0 radical (unpaired) electrons. The highest BCUT2D eigenvalue weighted by Gasteiger charge is 2.33. The summed E-state index contributed by atoms with van der Waals surface area (Å²) in [5, 5.41) is 16.5. The highest BCUT2D eigenvalue weighted by Crippen LogP contribution is 2.11. The average Bonchev–Trinajstić information content (AvgIpc) is 2.79. The van der Waals surface area contributed by atoms with E-state index in [0.717, 1.165) is 0 Å². The van der Waals surface area contributed by atoms with Crippen molar-refractivity contribution in [1.82, 2.24) is 16.0 Å². The first-order chi connectivity index (χ1) is 16.7. The van der Waals surface area contributed by atoms with Gasteiger partial charge in [0.1, 0.15) is 18.1 Å². The number of aliphatic carboxylic acids is 1. The molecule has 0 aromatic rings. The van der Waals surface area contributed by atoms with E-state index in [1.165, 1.54) is 0 Å². The van der Waals surface area contributed by atoms with Crippen molar-refractivity contribution in [3.8, 4) is 0 Å². The first kappa shape index (κ1) is 32.2. The number of rotatable bonds is 18. The number of nitrogens with two attached hydrogens (primary N) is 4. The van der Waals surface area contributed by atoms with Crippen LogP contribution in [0, 0.1) is 5.92 Å². The lowest BCUT2D eigenvalue weighted by Crippen LogP contribution is -2.58. The summed E-state index contributed by atoms with van der Waals surface area (Å²) in [5.41, 5.74) is 21.0. The Bertz CT molecular complexity index is 835. The topological polar surface area (TPSA) is 280 Å². The molecule has 5 atom stereocenters. The smallest absolute Gasteiger partial charge is 0.326 e. The van der Waals surface area contributed by atoms with Gasteiger partial charge in [-0.2, -0.15) is 0 Å². The minimum atomic E-state index is -1.43. The Morgan fingerprint density at radius 1 is 0.694 bits per heavy atom. The van der Waals surface area contributed by atoms with E-state index >= 15 is 0 Å².